The molecule has 142 valence electrons. The van der Waals surface area contributed by atoms with Crippen molar-refractivity contribution >= 4 is 17.5 Å². The quantitative estimate of drug-likeness (QED) is 0.804. The van der Waals surface area contributed by atoms with E-state index in [-0.39, 0.29) is 25.6 Å². The lowest BCUT2D eigenvalue weighted by Crippen LogP contribution is -2.55. The highest BCUT2D eigenvalue weighted by molar-refractivity contribution is 5.95. The van der Waals surface area contributed by atoms with E-state index in [2.05, 4.69) is 0 Å². The van der Waals surface area contributed by atoms with E-state index in [0.29, 0.717) is 25.8 Å². The van der Waals surface area contributed by atoms with Crippen molar-refractivity contribution in [2.45, 2.75) is 37.5 Å². The van der Waals surface area contributed by atoms with Gasteiger partial charge in [-0.1, -0.05) is 18.2 Å². The monoisotopic (exact) mass is 370 g/mol. The fourth-order valence-corrected chi connectivity index (χ4v) is 3.56. The van der Waals surface area contributed by atoms with Gasteiger partial charge < -0.3 is 14.5 Å². The molecular weight excluding hydrogens is 349 g/mol. The van der Waals surface area contributed by atoms with Crippen LogP contribution in [0.5, 0.6) is 0 Å². The van der Waals surface area contributed by atoms with Crippen LogP contribution in [0.3, 0.4) is 0 Å². The summed E-state index contributed by atoms with van der Waals surface area (Å²) in [5.41, 5.74) is 0.145. The van der Waals surface area contributed by atoms with E-state index in [1.165, 1.54) is 4.90 Å². The summed E-state index contributed by atoms with van der Waals surface area (Å²) in [4.78, 5) is 27.0. The van der Waals surface area contributed by atoms with E-state index in [1.807, 2.05) is 30.3 Å². The van der Waals surface area contributed by atoms with Gasteiger partial charge >= 0.3 is 6.18 Å². The van der Waals surface area contributed by atoms with Crippen molar-refractivity contribution in [3.05, 3.63) is 30.3 Å². The molecule has 5 nitrogen and oxygen atoms in total. The Hall–Kier alpha value is -2.09. The van der Waals surface area contributed by atoms with Crippen LogP contribution >= 0.6 is 0 Å². The molecule has 0 N–H and O–H groups in total. The first-order valence-corrected chi connectivity index (χ1v) is 8.62. The van der Waals surface area contributed by atoms with E-state index < -0.39 is 24.1 Å². The van der Waals surface area contributed by atoms with E-state index in [9.17, 15) is 22.8 Å². The molecule has 3 rings (SSSR count). The zero-order chi connectivity index (χ0) is 18.8. The molecule has 1 unspecified atom stereocenters. The topological polar surface area (TPSA) is 49.9 Å². The summed E-state index contributed by atoms with van der Waals surface area (Å²) < 4.78 is 43.3. The van der Waals surface area contributed by atoms with Crippen molar-refractivity contribution in [2.24, 2.45) is 0 Å². The van der Waals surface area contributed by atoms with Gasteiger partial charge in [0.1, 0.15) is 13.0 Å². The summed E-state index contributed by atoms with van der Waals surface area (Å²) in [6, 6.07) is 9.23. The summed E-state index contributed by atoms with van der Waals surface area (Å²) >= 11 is 0. The van der Waals surface area contributed by atoms with Gasteiger partial charge in [-0.25, -0.2) is 0 Å². The Balaban J connectivity index is 1.69. The fourth-order valence-electron chi connectivity index (χ4n) is 3.56. The maximum atomic E-state index is 12.5. The van der Waals surface area contributed by atoms with Crippen LogP contribution < -0.4 is 4.90 Å². The van der Waals surface area contributed by atoms with Crippen molar-refractivity contribution < 1.29 is 27.5 Å². The van der Waals surface area contributed by atoms with Gasteiger partial charge in [-0.05, 0) is 31.4 Å². The minimum atomic E-state index is -4.50. The van der Waals surface area contributed by atoms with Crippen molar-refractivity contribution in [3.63, 3.8) is 0 Å². The van der Waals surface area contributed by atoms with Crippen LogP contribution in [0.2, 0.25) is 0 Å². The minimum Gasteiger partial charge on any atom is -0.363 e. The van der Waals surface area contributed by atoms with Crippen LogP contribution in [0.1, 0.15) is 25.7 Å². The summed E-state index contributed by atoms with van der Waals surface area (Å²) in [7, 11) is 0. The van der Waals surface area contributed by atoms with Crippen molar-refractivity contribution in [3.8, 4) is 0 Å². The summed E-state index contributed by atoms with van der Waals surface area (Å²) in [5.74, 6) is -1.04. The molecule has 1 atom stereocenters. The number of anilines is 1. The van der Waals surface area contributed by atoms with E-state index in [4.69, 9.17) is 4.74 Å². The number of rotatable bonds is 2. The van der Waals surface area contributed by atoms with Gasteiger partial charge in [0.25, 0.3) is 5.91 Å². The summed E-state index contributed by atoms with van der Waals surface area (Å²) in [5, 5.41) is 0. The normalized spacial score (nSPS) is 24.7. The number of benzene rings is 1. The molecule has 0 bridgehead atoms. The molecule has 8 heteroatoms. The zero-order valence-corrected chi connectivity index (χ0v) is 14.3. The largest absolute Gasteiger partial charge is 0.397 e. The molecule has 1 spiro atoms. The number of carbonyl (C=O) groups is 2. The number of halogens is 3. The number of carbonyl (C=O) groups excluding carboxylic acids is 2. The average molecular weight is 370 g/mol. The predicted octanol–water partition coefficient (Wildman–Crippen LogP) is 2.75. The standard InChI is InChI=1S/C18H21F3N2O3/c19-18(20,21)11-15(24)22-9-4-7-17(8-10-22)13-23(16(25)12-26-17)14-5-2-1-3-6-14/h1-3,5-6H,4,7-13H2. The molecule has 26 heavy (non-hydrogen) atoms. The number of likely N-dealkylation sites (tertiary alicyclic amines) is 1. The maximum Gasteiger partial charge on any atom is 0.397 e. The lowest BCUT2D eigenvalue weighted by molar-refractivity contribution is -0.161. The molecule has 0 saturated carbocycles. The SMILES string of the molecule is O=C(CC(F)(F)F)N1CCCC2(CC1)CN(c1ccccc1)C(=O)CO2. The van der Waals surface area contributed by atoms with Gasteiger partial charge in [-0.3, -0.25) is 9.59 Å². The number of nitrogens with zero attached hydrogens (tertiary/aromatic N) is 2. The van der Waals surface area contributed by atoms with Gasteiger partial charge in [-0.15, -0.1) is 0 Å². The van der Waals surface area contributed by atoms with E-state index >= 15 is 0 Å². The molecule has 2 fully saturated rings. The first-order valence-electron chi connectivity index (χ1n) is 8.62. The Morgan fingerprint density at radius 1 is 1.15 bits per heavy atom. The highest BCUT2D eigenvalue weighted by Gasteiger charge is 2.42. The summed E-state index contributed by atoms with van der Waals surface area (Å²) in [6.45, 7) is 0.758. The third-order valence-corrected chi connectivity index (χ3v) is 4.92. The molecule has 1 aromatic rings. The molecule has 0 aromatic heterocycles. The number of para-hydroxylation sites is 1. The van der Waals surface area contributed by atoms with Gasteiger partial charge in [0, 0.05) is 18.8 Å². The minimum absolute atomic E-state index is 0.0641. The first kappa shape index (κ1) is 18.7. The Morgan fingerprint density at radius 2 is 1.88 bits per heavy atom. The highest BCUT2D eigenvalue weighted by atomic mass is 19.4. The average Bonchev–Trinajstić information content (AvgIpc) is 2.79. The third-order valence-electron chi connectivity index (χ3n) is 4.92. The molecule has 0 radical (unpaired) electrons. The molecule has 2 aliphatic rings. The van der Waals surface area contributed by atoms with Crippen molar-refractivity contribution in [2.75, 3.05) is 31.1 Å². The van der Waals surface area contributed by atoms with Gasteiger partial charge in [0.15, 0.2) is 0 Å². The van der Waals surface area contributed by atoms with Gasteiger partial charge in [0.05, 0.1) is 12.1 Å². The third kappa shape index (κ3) is 4.35. The van der Waals surface area contributed by atoms with Gasteiger partial charge in [-0.2, -0.15) is 13.2 Å². The molecule has 0 aliphatic carbocycles. The second-order valence-electron chi connectivity index (χ2n) is 6.81. The molecule has 2 saturated heterocycles. The fraction of sp³-hybridized carbons (Fsp3) is 0.556. The van der Waals surface area contributed by atoms with Crippen LogP contribution in [-0.2, 0) is 14.3 Å². The number of alkyl halides is 3. The number of ether oxygens (including phenoxy) is 1. The first-order chi connectivity index (χ1) is 12.3. The molecule has 2 amide bonds. The highest BCUT2D eigenvalue weighted by Crippen LogP contribution is 2.33. The van der Waals surface area contributed by atoms with Crippen LogP contribution in [0.25, 0.3) is 0 Å². The maximum absolute atomic E-state index is 12.5. The number of hydrogen-bond donors (Lipinski definition) is 0. The Kier molecular flexibility index (Phi) is 5.22. The lowest BCUT2D eigenvalue weighted by atomic mass is 9.92. The van der Waals surface area contributed by atoms with Crippen molar-refractivity contribution in [1.29, 1.82) is 0 Å². The summed E-state index contributed by atoms with van der Waals surface area (Å²) in [6.07, 6.45) is -4.39. The predicted molar refractivity (Wildman–Crippen MR) is 88.6 cm³/mol. The Morgan fingerprint density at radius 3 is 2.58 bits per heavy atom. The number of hydrogen-bond acceptors (Lipinski definition) is 3. The van der Waals surface area contributed by atoms with Crippen LogP contribution in [0, 0.1) is 0 Å². The van der Waals surface area contributed by atoms with Crippen LogP contribution in [0.15, 0.2) is 30.3 Å². The van der Waals surface area contributed by atoms with E-state index in [0.717, 1.165) is 5.69 Å². The van der Waals surface area contributed by atoms with Gasteiger partial charge in [0.2, 0.25) is 5.91 Å². The molecule has 2 heterocycles. The smallest absolute Gasteiger partial charge is 0.363 e. The van der Waals surface area contributed by atoms with Crippen molar-refractivity contribution in [1.82, 2.24) is 4.90 Å². The second-order valence-corrected chi connectivity index (χ2v) is 6.81. The van der Waals surface area contributed by atoms with Crippen LogP contribution in [-0.4, -0.2) is 54.7 Å². The molecular formula is C18H21F3N2O3. The zero-order valence-electron chi connectivity index (χ0n) is 14.3. The second kappa shape index (κ2) is 7.26. The Labute approximate surface area is 149 Å². The number of morpholine rings is 1. The molecule has 2 aliphatic heterocycles. The number of amides is 2. The van der Waals surface area contributed by atoms with E-state index in [1.54, 1.807) is 4.90 Å². The molecule has 1 aromatic carbocycles. The lowest BCUT2D eigenvalue weighted by Gasteiger charge is -2.42. The van der Waals surface area contributed by atoms with Crippen LogP contribution in [0.4, 0.5) is 18.9 Å². The Bertz CT molecular complexity index is 665.